The molecule has 1 aromatic rings. The van der Waals surface area contributed by atoms with E-state index in [0.29, 0.717) is 30.8 Å². The van der Waals surface area contributed by atoms with E-state index in [0.717, 1.165) is 5.69 Å². The second kappa shape index (κ2) is 8.08. The van der Waals surface area contributed by atoms with E-state index in [-0.39, 0.29) is 25.1 Å². The van der Waals surface area contributed by atoms with E-state index in [2.05, 4.69) is 5.32 Å². The van der Waals surface area contributed by atoms with Gasteiger partial charge in [-0.05, 0) is 36.3 Å². The Balaban J connectivity index is 1.62. The predicted molar refractivity (Wildman–Crippen MR) is 98.2 cm³/mol. The maximum absolute atomic E-state index is 14.2. The highest BCUT2D eigenvalue weighted by Crippen LogP contribution is 2.28. The summed E-state index contributed by atoms with van der Waals surface area (Å²) in [5.41, 5.74) is 2.09. The van der Waals surface area contributed by atoms with Crippen LogP contribution in [0.3, 0.4) is 0 Å². The summed E-state index contributed by atoms with van der Waals surface area (Å²) in [6.45, 7) is 2.89. The Bertz CT molecular complexity index is 787. The van der Waals surface area contributed by atoms with Crippen molar-refractivity contribution in [3.8, 4) is 6.07 Å². The zero-order valence-electron chi connectivity index (χ0n) is 15.0. The van der Waals surface area contributed by atoms with Crippen molar-refractivity contribution < 1.29 is 18.7 Å². The second-order valence-electron chi connectivity index (χ2n) is 6.58. The van der Waals surface area contributed by atoms with Crippen LogP contribution in [0.2, 0.25) is 0 Å². The van der Waals surface area contributed by atoms with Gasteiger partial charge < -0.3 is 15.0 Å². The number of carbonyl (C=O) groups excluding carboxylic acids is 2. The molecule has 2 aliphatic rings. The molecule has 2 atom stereocenters. The van der Waals surface area contributed by atoms with Gasteiger partial charge in [0.2, 0.25) is 5.91 Å². The Morgan fingerprint density at radius 3 is 2.70 bits per heavy atom. The highest BCUT2D eigenvalue weighted by Gasteiger charge is 2.32. The average molecular weight is 372 g/mol. The quantitative estimate of drug-likeness (QED) is 0.819. The molecular weight excluding hydrogens is 351 g/mol. The van der Waals surface area contributed by atoms with Crippen molar-refractivity contribution in [1.82, 2.24) is 5.32 Å². The standard InChI is InChI=1S/C19H21FN4O3/c1-13(25)22-10-17-11-24(19(26)27-17)16-4-2-15(3-5-16)23-9-7-14(6-8-21)18(20)12-23/h2-6,17-18H,7,9-12H2,1H3,(H,22,25)/b14-6+/t17?,18-/m1/s1. The van der Waals surface area contributed by atoms with Gasteiger partial charge in [-0.3, -0.25) is 9.69 Å². The van der Waals surface area contributed by atoms with Gasteiger partial charge in [-0.1, -0.05) is 0 Å². The zero-order valence-corrected chi connectivity index (χ0v) is 15.0. The van der Waals surface area contributed by atoms with Crippen LogP contribution in [-0.2, 0) is 9.53 Å². The van der Waals surface area contributed by atoms with Crippen LogP contribution in [0.5, 0.6) is 0 Å². The number of nitrogens with zero attached hydrogens (tertiary/aromatic N) is 3. The molecule has 2 saturated heterocycles. The lowest BCUT2D eigenvalue weighted by atomic mass is 10.0. The number of benzene rings is 1. The van der Waals surface area contributed by atoms with Gasteiger partial charge in [0.25, 0.3) is 0 Å². The van der Waals surface area contributed by atoms with E-state index < -0.39 is 12.3 Å². The molecule has 3 rings (SSSR count). The number of hydrogen-bond donors (Lipinski definition) is 1. The molecule has 0 saturated carbocycles. The van der Waals surface area contributed by atoms with E-state index in [1.807, 2.05) is 23.1 Å². The van der Waals surface area contributed by atoms with Crippen LogP contribution < -0.4 is 15.1 Å². The number of carbonyl (C=O) groups is 2. The van der Waals surface area contributed by atoms with Crippen LogP contribution in [0.4, 0.5) is 20.6 Å². The lowest BCUT2D eigenvalue weighted by Gasteiger charge is -2.32. The van der Waals surface area contributed by atoms with Gasteiger partial charge >= 0.3 is 6.09 Å². The molecule has 1 aromatic carbocycles. The summed E-state index contributed by atoms with van der Waals surface area (Å²) in [5, 5.41) is 11.3. The molecule has 1 unspecified atom stereocenters. The third-order valence-corrected chi connectivity index (χ3v) is 4.68. The number of allylic oxidation sites excluding steroid dienone is 1. The smallest absolute Gasteiger partial charge is 0.414 e. The lowest BCUT2D eigenvalue weighted by molar-refractivity contribution is -0.119. The van der Waals surface area contributed by atoms with Crippen LogP contribution in [0.15, 0.2) is 35.9 Å². The van der Waals surface area contributed by atoms with Gasteiger partial charge in [0.05, 0.1) is 25.7 Å². The second-order valence-corrected chi connectivity index (χ2v) is 6.58. The van der Waals surface area contributed by atoms with E-state index in [4.69, 9.17) is 10.00 Å². The lowest BCUT2D eigenvalue weighted by Crippen LogP contribution is -2.37. The minimum absolute atomic E-state index is 0.172. The van der Waals surface area contributed by atoms with Crippen molar-refractivity contribution in [1.29, 1.82) is 5.26 Å². The first-order valence-corrected chi connectivity index (χ1v) is 8.78. The fourth-order valence-corrected chi connectivity index (χ4v) is 3.24. The van der Waals surface area contributed by atoms with Gasteiger partial charge in [0.15, 0.2) is 0 Å². The number of nitrogens with one attached hydrogen (secondary N) is 1. The number of cyclic esters (lactones) is 1. The molecule has 8 heteroatoms. The Morgan fingerprint density at radius 2 is 2.07 bits per heavy atom. The highest BCUT2D eigenvalue weighted by molar-refractivity contribution is 5.90. The summed E-state index contributed by atoms with van der Waals surface area (Å²) in [6, 6.07) is 9.17. The normalized spacial score (nSPS) is 23.9. The Hall–Kier alpha value is -3.08. The van der Waals surface area contributed by atoms with Crippen molar-refractivity contribution in [3.63, 3.8) is 0 Å². The third kappa shape index (κ3) is 4.37. The van der Waals surface area contributed by atoms with Crippen LogP contribution in [0, 0.1) is 11.3 Å². The van der Waals surface area contributed by atoms with Gasteiger partial charge in [0, 0.05) is 30.9 Å². The number of rotatable bonds is 4. The fourth-order valence-electron chi connectivity index (χ4n) is 3.24. The van der Waals surface area contributed by atoms with E-state index in [9.17, 15) is 14.0 Å². The van der Waals surface area contributed by atoms with Crippen molar-refractivity contribution in [2.24, 2.45) is 0 Å². The van der Waals surface area contributed by atoms with E-state index >= 15 is 0 Å². The Morgan fingerprint density at radius 1 is 1.37 bits per heavy atom. The highest BCUT2D eigenvalue weighted by atomic mass is 19.1. The number of nitriles is 1. The number of anilines is 2. The number of alkyl halides is 1. The molecule has 1 N–H and O–H groups in total. The minimum atomic E-state index is -1.15. The van der Waals surface area contributed by atoms with Crippen molar-refractivity contribution in [2.45, 2.75) is 25.6 Å². The molecule has 0 aliphatic carbocycles. The first kappa shape index (κ1) is 18.7. The number of ether oxygens (including phenoxy) is 1. The first-order valence-electron chi connectivity index (χ1n) is 8.78. The molecule has 2 aliphatic heterocycles. The van der Waals surface area contributed by atoms with E-state index in [1.54, 1.807) is 12.1 Å². The molecule has 7 nitrogen and oxygen atoms in total. The summed E-state index contributed by atoms with van der Waals surface area (Å²) in [6.07, 6.45) is -0.186. The van der Waals surface area contributed by atoms with Crippen molar-refractivity contribution >= 4 is 23.4 Å². The maximum Gasteiger partial charge on any atom is 0.414 e. The number of piperidine rings is 1. The molecule has 0 radical (unpaired) electrons. The molecule has 0 bridgehead atoms. The Kier molecular flexibility index (Phi) is 5.60. The molecular formula is C19H21FN4O3. The summed E-state index contributed by atoms with van der Waals surface area (Å²) in [7, 11) is 0. The summed E-state index contributed by atoms with van der Waals surface area (Å²) >= 11 is 0. The SMILES string of the molecule is CC(=O)NCC1CN(c2ccc(N3CC/C(=C\C#N)[C@H](F)C3)cc2)C(=O)O1. The van der Waals surface area contributed by atoms with Crippen molar-refractivity contribution in [2.75, 3.05) is 36.0 Å². The van der Waals surface area contributed by atoms with Gasteiger partial charge in [0.1, 0.15) is 12.3 Å². The predicted octanol–water partition coefficient (Wildman–Crippen LogP) is 2.15. The van der Waals surface area contributed by atoms with Crippen LogP contribution >= 0.6 is 0 Å². The summed E-state index contributed by atoms with van der Waals surface area (Å²) in [4.78, 5) is 26.5. The van der Waals surface area contributed by atoms with Gasteiger partial charge in [-0.15, -0.1) is 0 Å². The molecule has 2 fully saturated rings. The Labute approximate surface area is 157 Å². The molecule has 2 amide bonds. The molecule has 0 aromatic heterocycles. The average Bonchev–Trinajstić information content (AvgIpc) is 3.03. The molecule has 0 spiro atoms. The molecule has 142 valence electrons. The summed E-state index contributed by atoms with van der Waals surface area (Å²) < 4.78 is 19.4. The van der Waals surface area contributed by atoms with Gasteiger partial charge in [-0.25, -0.2) is 9.18 Å². The summed E-state index contributed by atoms with van der Waals surface area (Å²) in [5.74, 6) is -0.172. The van der Waals surface area contributed by atoms with Gasteiger partial charge in [-0.2, -0.15) is 5.26 Å². The molecule has 2 heterocycles. The van der Waals surface area contributed by atoms with Crippen molar-refractivity contribution in [3.05, 3.63) is 35.9 Å². The maximum atomic E-state index is 14.2. The number of amides is 2. The van der Waals surface area contributed by atoms with Crippen LogP contribution in [0.1, 0.15) is 13.3 Å². The monoisotopic (exact) mass is 372 g/mol. The molecule has 27 heavy (non-hydrogen) atoms. The number of halogens is 1. The minimum Gasteiger partial charge on any atom is -0.442 e. The van der Waals surface area contributed by atoms with Crippen LogP contribution in [-0.4, -0.2) is 50.5 Å². The fraction of sp³-hybridized carbons (Fsp3) is 0.421. The first-order chi connectivity index (χ1) is 13.0. The third-order valence-electron chi connectivity index (χ3n) is 4.68. The topological polar surface area (TPSA) is 85.7 Å². The van der Waals surface area contributed by atoms with Crippen LogP contribution in [0.25, 0.3) is 0 Å². The van der Waals surface area contributed by atoms with E-state index in [1.165, 1.54) is 17.9 Å². The number of hydrogen-bond acceptors (Lipinski definition) is 5. The zero-order chi connectivity index (χ0) is 19.4. The largest absolute Gasteiger partial charge is 0.442 e.